The quantitative estimate of drug-likeness (QED) is 0.715. The molecule has 0 aromatic carbocycles. The van der Waals surface area contributed by atoms with E-state index in [4.69, 9.17) is 4.74 Å². The summed E-state index contributed by atoms with van der Waals surface area (Å²) in [5.74, 6) is 0.501. The summed E-state index contributed by atoms with van der Waals surface area (Å²) in [4.78, 5) is 4.36. The zero-order valence-electron chi connectivity index (χ0n) is 12.2. The Morgan fingerprint density at radius 1 is 1.37 bits per heavy atom. The van der Waals surface area contributed by atoms with Gasteiger partial charge in [-0.15, -0.1) is 0 Å². The number of pyridine rings is 1. The lowest BCUT2D eigenvalue weighted by Gasteiger charge is -2.14. The molecule has 0 aliphatic heterocycles. The van der Waals surface area contributed by atoms with E-state index in [0.717, 1.165) is 12.1 Å². The average Bonchev–Trinajstić information content (AvgIpc) is 2.39. The second kappa shape index (κ2) is 9.02. The molecule has 1 unspecified atom stereocenters. The number of hydrogen-bond acceptors (Lipinski definition) is 4. The summed E-state index contributed by atoms with van der Waals surface area (Å²) in [5, 5.41) is 13.0. The van der Waals surface area contributed by atoms with Crippen LogP contribution in [0, 0.1) is 5.92 Å². The van der Waals surface area contributed by atoms with E-state index in [1.165, 1.54) is 5.56 Å². The van der Waals surface area contributed by atoms with Gasteiger partial charge in [0, 0.05) is 25.9 Å². The predicted octanol–water partition coefficient (Wildman–Crippen LogP) is 1.77. The Bertz CT molecular complexity index is 356. The van der Waals surface area contributed by atoms with E-state index < -0.39 is 6.10 Å². The lowest BCUT2D eigenvalue weighted by Crippen LogP contribution is -2.31. The van der Waals surface area contributed by atoms with Gasteiger partial charge in [0.05, 0.1) is 18.4 Å². The second-order valence-corrected chi connectivity index (χ2v) is 5.18. The standard InChI is InChI=1S/C15H26N2O2/c1-4-13-6-5-7-17-15(13)9-16-8-14(18)11-19-10-12(2)3/h5-7,12,14,16,18H,4,8-11H2,1-3H3. The van der Waals surface area contributed by atoms with E-state index in [2.05, 4.69) is 37.1 Å². The third-order valence-corrected chi connectivity index (χ3v) is 2.80. The summed E-state index contributed by atoms with van der Waals surface area (Å²) in [6.45, 7) is 8.60. The van der Waals surface area contributed by atoms with Gasteiger partial charge in [-0.1, -0.05) is 26.8 Å². The summed E-state index contributed by atoms with van der Waals surface area (Å²) < 4.78 is 5.40. The molecule has 1 aromatic rings. The largest absolute Gasteiger partial charge is 0.389 e. The molecule has 0 bridgehead atoms. The van der Waals surface area contributed by atoms with Gasteiger partial charge in [0.25, 0.3) is 0 Å². The third-order valence-electron chi connectivity index (χ3n) is 2.80. The van der Waals surface area contributed by atoms with E-state index in [1.54, 1.807) is 6.20 Å². The number of nitrogens with zero attached hydrogens (tertiary/aromatic N) is 1. The number of ether oxygens (including phenoxy) is 1. The van der Waals surface area contributed by atoms with Crippen LogP contribution in [0.4, 0.5) is 0 Å². The molecule has 0 spiro atoms. The first kappa shape index (κ1) is 16.1. The van der Waals surface area contributed by atoms with Crippen molar-refractivity contribution in [3.63, 3.8) is 0 Å². The topological polar surface area (TPSA) is 54.4 Å². The Labute approximate surface area is 116 Å². The lowest BCUT2D eigenvalue weighted by molar-refractivity contribution is 0.0260. The van der Waals surface area contributed by atoms with E-state index in [0.29, 0.717) is 32.2 Å². The van der Waals surface area contributed by atoms with Crippen LogP contribution in [-0.4, -0.2) is 36.0 Å². The van der Waals surface area contributed by atoms with Crippen LogP contribution < -0.4 is 5.32 Å². The molecule has 0 amide bonds. The molecule has 108 valence electrons. The fourth-order valence-electron chi connectivity index (χ4n) is 1.81. The van der Waals surface area contributed by atoms with Gasteiger partial charge in [-0.25, -0.2) is 0 Å². The minimum absolute atomic E-state index is 0.383. The number of aromatic nitrogens is 1. The van der Waals surface area contributed by atoms with Gasteiger partial charge in [0.15, 0.2) is 0 Å². The first-order chi connectivity index (χ1) is 9.13. The van der Waals surface area contributed by atoms with Crippen LogP contribution in [0.3, 0.4) is 0 Å². The molecule has 0 radical (unpaired) electrons. The zero-order valence-corrected chi connectivity index (χ0v) is 12.2. The van der Waals surface area contributed by atoms with Crippen molar-refractivity contribution < 1.29 is 9.84 Å². The fraction of sp³-hybridized carbons (Fsp3) is 0.667. The Balaban J connectivity index is 2.22. The van der Waals surface area contributed by atoms with Crippen LogP contribution in [0.5, 0.6) is 0 Å². The first-order valence-electron chi connectivity index (χ1n) is 7.02. The van der Waals surface area contributed by atoms with Gasteiger partial charge in [-0.2, -0.15) is 0 Å². The highest BCUT2D eigenvalue weighted by Crippen LogP contribution is 2.05. The number of aryl methyl sites for hydroxylation is 1. The van der Waals surface area contributed by atoms with Gasteiger partial charge in [-0.05, 0) is 24.0 Å². The Hall–Kier alpha value is -0.970. The van der Waals surface area contributed by atoms with Crippen LogP contribution in [0.2, 0.25) is 0 Å². The number of hydrogen-bond donors (Lipinski definition) is 2. The highest BCUT2D eigenvalue weighted by molar-refractivity contribution is 5.19. The van der Waals surface area contributed by atoms with E-state index >= 15 is 0 Å². The Morgan fingerprint density at radius 3 is 2.84 bits per heavy atom. The van der Waals surface area contributed by atoms with E-state index in [1.807, 2.05) is 6.07 Å². The summed E-state index contributed by atoms with van der Waals surface area (Å²) >= 11 is 0. The molecule has 4 nitrogen and oxygen atoms in total. The van der Waals surface area contributed by atoms with Crippen molar-refractivity contribution in [2.24, 2.45) is 5.92 Å². The molecule has 1 rings (SSSR count). The minimum atomic E-state index is -0.465. The van der Waals surface area contributed by atoms with Gasteiger partial charge in [0.1, 0.15) is 0 Å². The lowest BCUT2D eigenvalue weighted by atomic mass is 10.1. The predicted molar refractivity (Wildman–Crippen MR) is 77.0 cm³/mol. The SMILES string of the molecule is CCc1cccnc1CNCC(O)COCC(C)C. The molecule has 1 aromatic heterocycles. The molecule has 19 heavy (non-hydrogen) atoms. The number of rotatable bonds is 9. The minimum Gasteiger partial charge on any atom is -0.389 e. The maximum atomic E-state index is 9.76. The molecule has 0 fully saturated rings. The van der Waals surface area contributed by atoms with Crippen LogP contribution in [0.1, 0.15) is 32.0 Å². The number of nitrogens with one attached hydrogen (secondary N) is 1. The molecular formula is C15H26N2O2. The maximum Gasteiger partial charge on any atom is 0.0897 e. The number of aliphatic hydroxyl groups is 1. The second-order valence-electron chi connectivity index (χ2n) is 5.18. The van der Waals surface area contributed by atoms with Crippen molar-refractivity contribution in [1.29, 1.82) is 0 Å². The normalized spacial score (nSPS) is 12.9. The Kier molecular flexibility index (Phi) is 7.63. The van der Waals surface area contributed by atoms with Crippen molar-refractivity contribution in [3.05, 3.63) is 29.6 Å². The molecule has 0 saturated heterocycles. The first-order valence-corrected chi connectivity index (χ1v) is 7.02. The third kappa shape index (κ3) is 6.66. The van der Waals surface area contributed by atoms with Crippen molar-refractivity contribution in [3.8, 4) is 0 Å². The van der Waals surface area contributed by atoms with Crippen molar-refractivity contribution >= 4 is 0 Å². The molecule has 0 aliphatic rings. The molecular weight excluding hydrogens is 240 g/mol. The van der Waals surface area contributed by atoms with Crippen LogP contribution in [-0.2, 0) is 17.7 Å². The van der Waals surface area contributed by atoms with Gasteiger partial charge >= 0.3 is 0 Å². The highest BCUT2D eigenvalue weighted by atomic mass is 16.5. The van der Waals surface area contributed by atoms with Crippen LogP contribution in [0.25, 0.3) is 0 Å². The zero-order chi connectivity index (χ0) is 14.1. The maximum absolute atomic E-state index is 9.76. The summed E-state index contributed by atoms with van der Waals surface area (Å²) in [7, 11) is 0. The van der Waals surface area contributed by atoms with Gasteiger partial charge in [-0.3, -0.25) is 4.98 Å². The highest BCUT2D eigenvalue weighted by Gasteiger charge is 2.06. The van der Waals surface area contributed by atoms with Gasteiger partial charge in [0.2, 0.25) is 0 Å². The van der Waals surface area contributed by atoms with Crippen molar-refractivity contribution in [2.75, 3.05) is 19.8 Å². The summed E-state index contributed by atoms with van der Waals surface area (Å²) in [6.07, 6.45) is 2.32. The molecule has 4 heteroatoms. The van der Waals surface area contributed by atoms with Crippen LogP contribution >= 0.6 is 0 Å². The molecule has 1 heterocycles. The molecule has 0 saturated carbocycles. The van der Waals surface area contributed by atoms with Crippen molar-refractivity contribution in [2.45, 2.75) is 39.8 Å². The van der Waals surface area contributed by atoms with Crippen molar-refractivity contribution in [1.82, 2.24) is 10.3 Å². The summed E-state index contributed by atoms with van der Waals surface area (Å²) in [6, 6.07) is 4.04. The van der Waals surface area contributed by atoms with Gasteiger partial charge < -0.3 is 15.2 Å². The fourth-order valence-corrected chi connectivity index (χ4v) is 1.81. The molecule has 0 aliphatic carbocycles. The van der Waals surface area contributed by atoms with Crippen LogP contribution in [0.15, 0.2) is 18.3 Å². The number of aliphatic hydroxyl groups excluding tert-OH is 1. The Morgan fingerprint density at radius 2 is 2.16 bits per heavy atom. The van der Waals surface area contributed by atoms with E-state index in [-0.39, 0.29) is 0 Å². The smallest absolute Gasteiger partial charge is 0.0897 e. The molecule has 2 N–H and O–H groups in total. The average molecular weight is 266 g/mol. The van der Waals surface area contributed by atoms with E-state index in [9.17, 15) is 5.11 Å². The summed E-state index contributed by atoms with van der Waals surface area (Å²) in [5.41, 5.74) is 2.31. The molecule has 1 atom stereocenters. The monoisotopic (exact) mass is 266 g/mol.